The fourth-order valence-corrected chi connectivity index (χ4v) is 2.21. The summed E-state index contributed by atoms with van der Waals surface area (Å²) in [5.74, 6) is 0.753. The molecule has 106 valence electrons. The first-order chi connectivity index (χ1) is 9.66. The summed E-state index contributed by atoms with van der Waals surface area (Å²) in [7, 11) is 0. The van der Waals surface area contributed by atoms with Gasteiger partial charge in [-0.1, -0.05) is 38.1 Å². The molecule has 0 amide bonds. The Labute approximate surface area is 122 Å². The molecule has 1 aromatic heterocycles. The van der Waals surface area contributed by atoms with Gasteiger partial charge in [0.2, 0.25) is 0 Å². The lowest BCUT2D eigenvalue weighted by Gasteiger charge is -2.15. The van der Waals surface area contributed by atoms with Crippen LogP contribution in [0, 0.1) is 5.92 Å². The first-order valence-electron chi connectivity index (χ1n) is 7.40. The topological polar surface area (TPSA) is 24.9 Å². The highest BCUT2D eigenvalue weighted by atomic mass is 14.9. The molecule has 20 heavy (non-hydrogen) atoms. The average molecular weight is 268 g/mol. The second-order valence-corrected chi connectivity index (χ2v) is 5.72. The molecule has 0 radical (unpaired) electrons. The van der Waals surface area contributed by atoms with E-state index in [0.29, 0.717) is 6.04 Å². The van der Waals surface area contributed by atoms with Crippen LogP contribution in [0.1, 0.15) is 38.8 Å². The van der Waals surface area contributed by atoms with Crippen LogP contribution in [-0.4, -0.2) is 11.5 Å². The van der Waals surface area contributed by atoms with Gasteiger partial charge in [0.25, 0.3) is 0 Å². The van der Waals surface area contributed by atoms with Gasteiger partial charge in [-0.05, 0) is 54.6 Å². The molecule has 0 saturated heterocycles. The third-order valence-electron chi connectivity index (χ3n) is 3.60. The molecule has 0 bridgehead atoms. The summed E-state index contributed by atoms with van der Waals surface area (Å²) in [4.78, 5) is 4.05. The molecule has 0 aliphatic carbocycles. The number of benzene rings is 1. The van der Waals surface area contributed by atoms with E-state index in [1.807, 2.05) is 24.5 Å². The van der Waals surface area contributed by atoms with E-state index in [-0.39, 0.29) is 0 Å². The molecule has 2 heteroatoms. The van der Waals surface area contributed by atoms with Gasteiger partial charge in [-0.3, -0.25) is 4.98 Å². The lowest BCUT2D eigenvalue weighted by Crippen LogP contribution is -2.20. The maximum absolute atomic E-state index is 4.05. The summed E-state index contributed by atoms with van der Waals surface area (Å²) in [5, 5.41) is 3.58. The molecule has 2 nitrogen and oxygen atoms in total. The molecule has 1 N–H and O–H groups in total. The van der Waals surface area contributed by atoms with Crippen molar-refractivity contribution in [3.05, 3.63) is 54.4 Å². The van der Waals surface area contributed by atoms with Crippen molar-refractivity contribution in [2.24, 2.45) is 5.92 Å². The summed E-state index contributed by atoms with van der Waals surface area (Å²) >= 11 is 0. The smallest absolute Gasteiger partial charge is 0.0291 e. The second kappa shape index (κ2) is 7.20. The van der Waals surface area contributed by atoms with Crippen LogP contribution in [0.4, 0.5) is 0 Å². The minimum absolute atomic E-state index is 0.403. The Bertz CT molecular complexity index is 503. The molecule has 1 heterocycles. The van der Waals surface area contributed by atoms with E-state index in [0.717, 1.165) is 12.5 Å². The molecule has 1 atom stereocenters. The largest absolute Gasteiger partial charge is 0.310 e. The minimum atomic E-state index is 0.403. The lowest BCUT2D eigenvalue weighted by molar-refractivity contribution is 0.497. The lowest BCUT2D eigenvalue weighted by atomic mass is 10.0. The van der Waals surface area contributed by atoms with Crippen LogP contribution in [0.2, 0.25) is 0 Å². The van der Waals surface area contributed by atoms with Crippen molar-refractivity contribution in [3.8, 4) is 11.1 Å². The average Bonchev–Trinajstić information content (AvgIpc) is 2.48. The summed E-state index contributed by atoms with van der Waals surface area (Å²) < 4.78 is 0. The molecule has 2 rings (SSSR count). The van der Waals surface area contributed by atoms with E-state index in [2.05, 4.69) is 55.3 Å². The maximum atomic E-state index is 4.05. The predicted molar refractivity (Wildman–Crippen MR) is 85.5 cm³/mol. The second-order valence-electron chi connectivity index (χ2n) is 5.72. The van der Waals surface area contributed by atoms with Crippen LogP contribution >= 0.6 is 0 Å². The van der Waals surface area contributed by atoms with Crippen LogP contribution in [0.15, 0.2) is 48.8 Å². The Hall–Kier alpha value is -1.67. The Morgan fingerprint density at radius 3 is 2.10 bits per heavy atom. The van der Waals surface area contributed by atoms with E-state index < -0.39 is 0 Å². The van der Waals surface area contributed by atoms with E-state index >= 15 is 0 Å². The van der Waals surface area contributed by atoms with Gasteiger partial charge in [-0.15, -0.1) is 0 Å². The zero-order valence-corrected chi connectivity index (χ0v) is 12.6. The SMILES string of the molecule is CC(C)CCNC(C)c1ccc(-c2ccncc2)cc1. The number of nitrogens with zero attached hydrogens (tertiary/aromatic N) is 1. The van der Waals surface area contributed by atoms with Gasteiger partial charge in [0.1, 0.15) is 0 Å². The highest BCUT2D eigenvalue weighted by Crippen LogP contribution is 2.21. The van der Waals surface area contributed by atoms with Gasteiger partial charge in [-0.2, -0.15) is 0 Å². The van der Waals surface area contributed by atoms with Crippen molar-refractivity contribution < 1.29 is 0 Å². The van der Waals surface area contributed by atoms with E-state index in [1.54, 1.807) is 0 Å². The molecule has 0 aliphatic rings. The molecule has 1 unspecified atom stereocenters. The number of aromatic nitrogens is 1. The van der Waals surface area contributed by atoms with Gasteiger partial charge >= 0.3 is 0 Å². The van der Waals surface area contributed by atoms with Gasteiger partial charge in [0.05, 0.1) is 0 Å². The zero-order valence-electron chi connectivity index (χ0n) is 12.6. The first-order valence-corrected chi connectivity index (χ1v) is 7.40. The Morgan fingerprint density at radius 2 is 1.50 bits per heavy atom. The highest BCUT2D eigenvalue weighted by molar-refractivity contribution is 5.62. The number of nitrogens with one attached hydrogen (secondary N) is 1. The number of hydrogen-bond donors (Lipinski definition) is 1. The van der Waals surface area contributed by atoms with E-state index in [4.69, 9.17) is 0 Å². The first kappa shape index (κ1) is 14.7. The fraction of sp³-hybridized carbons (Fsp3) is 0.389. The van der Waals surface area contributed by atoms with Crippen LogP contribution in [0.25, 0.3) is 11.1 Å². The van der Waals surface area contributed by atoms with Gasteiger partial charge < -0.3 is 5.32 Å². The number of pyridine rings is 1. The highest BCUT2D eigenvalue weighted by Gasteiger charge is 2.05. The van der Waals surface area contributed by atoms with Crippen LogP contribution in [0.3, 0.4) is 0 Å². The minimum Gasteiger partial charge on any atom is -0.310 e. The molecule has 1 aromatic carbocycles. The molecule has 0 saturated carbocycles. The quantitative estimate of drug-likeness (QED) is 0.837. The van der Waals surface area contributed by atoms with E-state index in [1.165, 1.54) is 23.1 Å². The Kier molecular flexibility index (Phi) is 5.31. The maximum Gasteiger partial charge on any atom is 0.0291 e. The third kappa shape index (κ3) is 4.17. The van der Waals surface area contributed by atoms with Crippen LogP contribution in [-0.2, 0) is 0 Å². The van der Waals surface area contributed by atoms with Crippen molar-refractivity contribution >= 4 is 0 Å². The monoisotopic (exact) mass is 268 g/mol. The Morgan fingerprint density at radius 1 is 0.900 bits per heavy atom. The Balaban J connectivity index is 1.97. The van der Waals surface area contributed by atoms with Gasteiger partial charge in [0, 0.05) is 18.4 Å². The predicted octanol–water partition coefficient (Wildman–Crippen LogP) is 4.45. The molecular weight excluding hydrogens is 244 g/mol. The normalized spacial score (nSPS) is 12.6. The molecule has 0 fully saturated rings. The zero-order chi connectivity index (χ0) is 14.4. The molecule has 0 spiro atoms. The number of rotatable bonds is 6. The van der Waals surface area contributed by atoms with Crippen molar-refractivity contribution in [2.75, 3.05) is 6.54 Å². The summed E-state index contributed by atoms with van der Waals surface area (Å²) in [6.45, 7) is 7.82. The van der Waals surface area contributed by atoms with Crippen molar-refractivity contribution in [3.63, 3.8) is 0 Å². The van der Waals surface area contributed by atoms with Crippen LogP contribution in [0.5, 0.6) is 0 Å². The van der Waals surface area contributed by atoms with Crippen molar-refractivity contribution in [2.45, 2.75) is 33.2 Å². The molecule has 0 aliphatic heterocycles. The number of hydrogen-bond acceptors (Lipinski definition) is 2. The van der Waals surface area contributed by atoms with Gasteiger partial charge in [-0.25, -0.2) is 0 Å². The van der Waals surface area contributed by atoms with Crippen molar-refractivity contribution in [1.29, 1.82) is 0 Å². The van der Waals surface area contributed by atoms with Crippen LogP contribution < -0.4 is 5.32 Å². The summed E-state index contributed by atoms with van der Waals surface area (Å²) in [5.41, 5.74) is 3.80. The summed E-state index contributed by atoms with van der Waals surface area (Å²) in [6.07, 6.45) is 4.89. The summed E-state index contributed by atoms with van der Waals surface area (Å²) in [6, 6.07) is 13.3. The standard InChI is InChI=1S/C18H24N2/c1-14(2)8-13-20-15(3)16-4-6-17(7-5-16)18-9-11-19-12-10-18/h4-7,9-12,14-15,20H,8,13H2,1-3H3. The molecular formula is C18H24N2. The van der Waals surface area contributed by atoms with Crippen molar-refractivity contribution in [1.82, 2.24) is 10.3 Å². The third-order valence-corrected chi connectivity index (χ3v) is 3.60. The fourth-order valence-electron chi connectivity index (χ4n) is 2.21. The van der Waals surface area contributed by atoms with E-state index in [9.17, 15) is 0 Å². The van der Waals surface area contributed by atoms with Gasteiger partial charge in [0.15, 0.2) is 0 Å². The molecule has 2 aromatic rings.